The molecule has 1 aliphatic heterocycles. The standard InChI is InChI=1S/C15H22N6/c1-2-16-12-14-10-6-7-11-20(14)15-17-18-19-21(15)13-8-4-3-5-9-13/h3-5,8-9,14,16H,2,6-7,10-12H2,1H3. The van der Waals surface area contributed by atoms with Crippen molar-refractivity contribution >= 4 is 5.95 Å². The molecule has 0 amide bonds. The number of tetrazole rings is 1. The largest absolute Gasteiger partial charge is 0.335 e. The number of para-hydroxylation sites is 1. The first-order chi connectivity index (χ1) is 10.4. The molecule has 1 fully saturated rings. The van der Waals surface area contributed by atoms with Gasteiger partial charge in [0.15, 0.2) is 0 Å². The van der Waals surface area contributed by atoms with Crippen molar-refractivity contribution in [3.63, 3.8) is 0 Å². The lowest BCUT2D eigenvalue weighted by Crippen LogP contribution is -2.46. The van der Waals surface area contributed by atoms with E-state index in [1.54, 1.807) is 0 Å². The topological polar surface area (TPSA) is 58.9 Å². The molecule has 0 aliphatic carbocycles. The maximum absolute atomic E-state index is 4.27. The van der Waals surface area contributed by atoms with Crippen molar-refractivity contribution in [2.24, 2.45) is 0 Å². The minimum atomic E-state index is 0.465. The van der Waals surface area contributed by atoms with Gasteiger partial charge in [-0.25, -0.2) is 0 Å². The highest BCUT2D eigenvalue weighted by Gasteiger charge is 2.26. The van der Waals surface area contributed by atoms with Crippen LogP contribution >= 0.6 is 0 Å². The van der Waals surface area contributed by atoms with Gasteiger partial charge in [-0.05, 0) is 48.4 Å². The third-order valence-corrected chi connectivity index (χ3v) is 3.97. The summed E-state index contributed by atoms with van der Waals surface area (Å²) < 4.78 is 1.84. The summed E-state index contributed by atoms with van der Waals surface area (Å²) >= 11 is 0. The predicted octanol–water partition coefficient (Wildman–Crippen LogP) is 1.63. The van der Waals surface area contributed by atoms with Crippen LogP contribution in [0.25, 0.3) is 5.69 Å². The fourth-order valence-electron chi connectivity index (χ4n) is 2.88. The lowest BCUT2D eigenvalue weighted by atomic mass is 10.0. The molecule has 1 N–H and O–H groups in total. The normalized spacial score (nSPS) is 18.9. The maximum Gasteiger partial charge on any atom is 0.250 e. The Balaban J connectivity index is 1.87. The summed E-state index contributed by atoms with van der Waals surface area (Å²) in [5.74, 6) is 0.851. The van der Waals surface area contributed by atoms with Gasteiger partial charge in [-0.15, -0.1) is 0 Å². The van der Waals surface area contributed by atoms with E-state index in [9.17, 15) is 0 Å². The van der Waals surface area contributed by atoms with E-state index >= 15 is 0 Å². The Morgan fingerprint density at radius 2 is 2.10 bits per heavy atom. The van der Waals surface area contributed by atoms with Crippen LogP contribution < -0.4 is 10.2 Å². The Morgan fingerprint density at radius 3 is 2.90 bits per heavy atom. The van der Waals surface area contributed by atoms with Gasteiger partial charge in [0.05, 0.1) is 5.69 Å². The number of nitrogens with zero attached hydrogens (tertiary/aromatic N) is 5. The number of likely N-dealkylation sites (N-methyl/N-ethyl adjacent to an activating group) is 1. The SMILES string of the molecule is CCNCC1CCCCN1c1nnnn1-c1ccccc1. The van der Waals surface area contributed by atoms with Crippen molar-refractivity contribution in [3.05, 3.63) is 30.3 Å². The molecular formula is C15H22N6. The van der Waals surface area contributed by atoms with E-state index in [4.69, 9.17) is 0 Å². The Hall–Kier alpha value is -1.95. The van der Waals surface area contributed by atoms with Crippen LogP contribution in [0.1, 0.15) is 26.2 Å². The van der Waals surface area contributed by atoms with Gasteiger partial charge < -0.3 is 10.2 Å². The first kappa shape index (κ1) is 14.0. The molecule has 3 rings (SSSR count). The summed E-state index contributed by atoms with van der Waals surface area (Å²) in [6.45, 7) is 5.14. The minimum absolute atomic E-state index is 0.465. The maximum atomic E-state index is 4.27. The molecule has 1 saturated heterocycles. The van der Waals surface area contributed by atoms with E-state index < -0.39 is 0 Å². The van der Waals surface area contributed by atoms with Crippen molar-refractivity contribution in [2.45, 2.75) is 32.2 Å². The first-order valence-electron chi connectivity index (χ1n) is 7.71. The molecule has 0 radical (unpaired) electrons. The zero-order valence-electron chi connectivity index (χ0n) is 12.4. The zero-order valence-corrected chi connectivity index (χ0v) is 12.4. The lowest BCUT2D eigenvalue weighted by molar-refractivity contribution is 0.430. The van der Waals surface area contributed by atoms with E-state index in [0.717, 1.165) is 31.3 Å². The third kappa shape index (κ3) is 3.05. The number of hydrogen-bond donors (Lipinski definition) is 1. The van der Waals surface area contributed by atoms with Gasteiger partial charge in [-0.3, -0.25) is 0 Å². The smallest absolute Gasteiger partial charge is 0.250 e. The molecule has 1 atom stereocenters. The molecule has 2 aromatic rings. The van der Waals surface area contributed by atoms with Crippen LogP contribution in [0.4, 0.5) is 5.95 Å². The second kappa shape index (κ2) is 6.67. The van der Waals surface area contributed by atoms with Crippen LogP contribution in [0.5, 0.6) is 0 Å². The summed E-state index contributed by atoms with van der Waals surface area (Å²) in [5, 5.41) is 15.8. The van der Waals surface area contributed by atoms with Crippen LogP contribution in [0, 0.1) is 0 Å². The molecule has 21 heavy (non-hydrogen) atoms. The van der Waals surface area contributed by atoms with Gasteiger partial charge in [0.1, 0.15) is 0 Å². The summed E-state index contributed by atoms with van der Waals surface area (Å²) in [5.41, 5.74) is 1.00. The van der Waals surface area contributed by atoms with E-state index in [2.05, 4.69) is 32.7 Å². The Bertz CT molecular complexity index is 552. The summed E-state index contributed by atoms with van der Waals surface area (Å²) in [6.07, 6.45) is 3.67. The van der Waals surface area contributed by atoms with Crippen LogP contribution in [0.15, 0.2) is 30.3 Å². The van der Waals surface area contributed by atoms with Crippen molar-refractivity contribution in [1.82, 2.24) is 25.5 Å². The van der Waals surface area contributed by atoms with E-state index in [1.807, 2.05) is 35.0 Å². The monoisotopic (exact) mass is 286 g/mol. The van der Waals surface area contributed by atoms with E-state index in [1.165, 1.54) is 19.3 Å². The quantitative estimate of drug-likeness (QED) is 0.905. The zero-order chi connectivity index (χ0) is 14.5. The molecule has 0 spiro atoms. The molecular weight excluding hydrogens is 264 g/mol. The average Bonchev–Trinajstić information content (AvgIpc) is 3.03. The molecule has 0 saturated carbocycles. The second-order valence-corrected chi connectivity index (χ2v) is 5.38. The highest BCUT2D eigenvalue weighted by molar-refractivity contribution is 5.41. The van der Waals surface area contributed by atoms with Crippen molar-refractivity contribution < 1.29 is 0 Å². The fraction of sp³-hybridized carbons (Fsp3) is 0.533. The average molecular weight is 286 g/mol. The van der Waals surface area contributed by atoms with Gasteiger partial charge in [0, 0.05) is 19.1 Å². The minimum Gasteiger partial charge on any atom is -0.335 e. The highest BCUT2D eigenvalue weighted by Crippen LogP contribution is 2.24. The number of aromatic nitrogens is 4. The number of hydrogen-bond acceptors (Lipinski definition) is 5. The second-order valence-electron chi connectivity index (χ2n) is 5.38. The summed E-state index contributed by atoms with van der Waals surface area (Å²) in [7, 11) is 0. The van der Waals surface area contributed by atoms with E-state index in [-0.39, 0.29) is 0 Å². The van der Waals surface area contributed by atoms with Crippen LogP contribution in [-0.2, 0) is 0 Å². The highest BCUT2D eigenvalue weighted by atomic mass is 15.6. The molecule has 6 heteroatoms. The molecule has 0 bridgehead atoms. The number of benzene rings is 1. The molecule has 2 heterocycles. The predicted molar refractivity (Wildman–Crippen MR) is 82.7 cm³/mol. The lowest BCUT2D eigenvalue weighted by Gasteiger charge is -2.36. The Morgan fingerprint density at radius 1 is 1.24 bits per heavy atom. The molecule has 1 aliphatic rings. The number of anilines is 1. The Labute approximate surface area is 125 Å². The number of piperidine rings is 1. The van der Waals surface area contributed by atoms with Crippen LogP contribution in [0.3, 0.4) is 0 Å². The van der Waals surface area contributed by atoms with Gasteiger partial charge in [-0.1, -0.05) is 30.2 Å². The van der Waals surface area contributed by atoms with Gasteiger partial charge in [-0.2, -0.15) is 4.68 Å². The molecule has 1 unspecified atom stereocenters. The van der Waals surface area contributed by atoms with Crippen molar-refractivity contribution in [1.29, 1.82) is 0 Å². The molecule has 1 aromatic heterocycles. The number of rotatable bonds is 5. The van der Waals surface area contributed by atoms with Gasteiger partial charge in [0.25, 0.3) is 5.95 Å². The summed E-state index contributed by atoms with van der Waals surface area (Å²) in [6, 6.07) is 10.5. The van der Waals surface area contributed by atoms with Gasteiger partial charge in [0.2, 0.25) is 0 Å². The number of nitrogens with one attached hydrogen (secondary N) is 1. The van der Waals surface area contributed by atoms with Crippen LogP contribution in [-0.4, -0.2) is 45.9 Å². The molecule has 112 valence electrons. The molecule has 6 nitrogen and oxygen atoms in total. The third-order valence-electron chi connectivity index (χ3n) is 3.97. The first-order valence-corrected chi connectivity index (χ1v) is 7.71. The van der Waals surface area contributed by atoms with Gasteiger partial charge >= 0.3 is 0 Å². The van der Waals surface area contributed by atoms with E-state index in [0.29, 0.717) is 6.04 Å². The fourth-order valence-corrected chi connectivity index (χ4v) is 2.88. The Kier molecular flexibility index (Phi) is 4.45. The molecule has 1 aromatic carbocycles. The summed E-state index contributed by atoms with van der Waals surface area (Å²) in [4.78, 5) is 2.35. The van der Waals surface area contributed by atoms with Crippen molar-refractivity contribution in [2.75, 3.05) is 24.5 Å². The van der Waals surface area contributed by atoms with Crippen LogP contribution in [0.2, 0.25) is 0 Å². The van der Waals surface area contributed by atoms with Crippen molar-refractivity contribution in [3.8, 4) is 5.69 Å².